The molecule has 0 aliphatic heterocycles. The number of ether oxygens (including phenoxy) is 2. The van der Waals surface area contributed by atoms with E-state index in [4.69, 9.17) is 20.9 Å². The zero-order valence-electron chi connectivity index (χ0n) is 14.8. The van der Waals surface area contributed by atoms with Crippen molar-refractivity contribution in [2.75, 3.05) is 24.9 Å². The van der Waals surface area contributed by atoms with Gasteiger partial charge < -0.3 is 20.9 Å². The number of hydrogen-bond acceptors (Lipinski definition) is 5. The first-order valence-corrected chi connectivity index (χ1v) is 12.9. The first-order valence-electron chi connectivity index (χ1n) is 8.26. The molecule has 0 saturated carbocycles. The van der Waals surface area contributed by atoms with Crippen LogP contribution < -0.4 is 16.2 Å². The van der Waals surface area contributed by atoms with E-state index in [1.807, 2.05) is 6.07 Å². The van der Waals surface area contributed by atoms with Crippen molar-refractivity contribution in [1.29, 1.82) is 0 Å². The molecule has 0 atom stereocenters. The minimum atomic E-state index is -1.07. The molecule has 2 rings (SSSR count). The largest absolute Gasteiger partial charge is 0.467 e. The first kappa shape index (κ1) is 18.8. The summed E-state index contributed by atoms with van der Waals surface area (Å²) in [5.74, 6) is 0.770. The average molecular weight is 365 g/mol. The summed E-state index contributed by atoms with van der Waals surface area (Å²) >= 11 is 1.75. The van der Waals surface area contributed by atoms with Gasteiger partial charge >= 0.3 is 0 Å². The zero-order valence-corrected chi connectivity index (χ0v) is 16.6. The Bertz CT molecular complexity index is 639. The number of anilines is 2. The molecule has 2 aromatic rings. The summed E-state index contributed by atoms with van der Waals surface area (Å²) < 4.78 is 11.5. The van der Waals surface area contributed by atoms with Crippen molar-refractivity contribution in [3.8, 4) is 5.75 Å². The highest BCUT2D eigenvalue weighted by Gasteiger charge is 2.13. The van der Waals surface area contributed by atoms with E-state index in [1.165, 1.54) is 4.88 Å². The van der Waals surface area contributed by atoms with Crippen LogP contribution in [0.4, 0.5) is 11.4 Å². The fourth-order valence-corrected chi connectivity index (χ4v) is 3.77. The van der Waals surface area contributed by atoms with Crippen LogP contribution in [-0.2, 0) is 17.6 Å². The van der Waals surface area contributed by atoms with Crippen molar-refractivity contribution in [3.63, 3.8) is 0 Å². The maximum Gasteiger partial charge on any atom is 0.189 e. The molecule has 1 heterocycles. The van der Waals surface area contributed by atoms with Crippen molar-refractivity contribution in [2.24, 2.45) is 0 Å². The first-order chi connectivity index (χ1) is 11.4. The second-order valence-electron chi connectivity index (χ2n) is 7.11. The quantitative estimate of drug-likeness (QED) is 0.300. The third-order valence-electron chi connectivity index (χ3n) is 3.84. The Hall–Kier alpha value is -1.50. The number of nitrogens with two attached hydrogens (primary N) is 2. The highest BCUT2D eigenvalue weighted by Crippen LogP contribution is 2.31. The summed E-state index contributed by atoms with van der Waals surface area (Å²) in [5, 5.41) is 2.09. The Kier molecular flexibility index (Phi) is 6.71. The van der Waals surface area contributed by atoms with Gasteiger partial charge in [0.25, 0.3) is 0 Å². The van der Waals surface area contributed by atoms with E-state index in [9.17, 15) is 0 Å². The maximum absolute atomic E-state index is 6.17. The average Bonchev–Trinajstić information content (AvgIpc) is 3.02. The van der Waals surface area contributed by atoms with E-state index in [2.05, 4.69) is 37.2 Å². The summed E-state index contributed by atoms with van der Waals surface area (Å²) in [6.07, 6.45) is 1.74. The van der Waals surface area contributed by atoms with Gasteiger partial charge in [0.1, 0.15) is 5.75 Å². The van der Waals surface area contributed by atoms with Crippen LogP contribution in [0.5, 0.6) is 5.75 Å². The predicted molar refractivity (Wildman–Crippen MR) is 107 cm³/mol. The van der Waals surface area contributed by atoms with Gasteiger partial charge in [-0.3, -0.25) is 0 Å². The Balaban J connectivity index is 1.94. The number of nitrogen functional groups attached to an aromatic ring is 2. The van der Waals surface area contributed by atoms with Gasteiger partial charge in [-0.15, -0.1) is 11.3 Å². The number of thiophene rings is 1. The molecule has 0 unspecified atom stereocenters. The smallest absolute Gasteiger partial charge is 0.189 e. The van der Waals surface area contributed by atoms with Crippen LogP contribution in [0.25, 0.3) is 0 Å². The molecule has 0 bridgehead atoms. The molecule has 0 amide bonds. The fraction of sp³-hybridized carbons (Fsp3) is 0.444. The van der Waals surface area contributed by atoms with E-state index in [-0.39, 0.29) is 6.79 Å². The van der Waals surface area contributed by atoms with E-state index in [0.717, 1.165) is 36.8 Å². The van der Waals surface area contributed by atoms with Crippen LogP contribution in [0.2, 0.25) is 25.7 Å². The van der Waals surface area contributed by atoms with E-state index < -0.39 is 8.07 Å². The summed E-state index contributed by atoms with van der Waals surface area (Å²) in [6, 6.07) is 9.00. The van der Waals surface area contributed by atoms with Crippen molar-refractivity contribution < 1.29 is 9.47 Å². The molecule has 1 aromatic carbocycles. The SMILES string of the molecule is C[Si](C)(C)CCOCOc1ccc(N)c(N)c1CCc1cccs1. The standard InChI is InChI=1S/C18H28N2O2SSi/c1-24(2,3)12-10-21-13-22-17-9-8-16(19)18(20)15(17)7-6-14-5-4-11-23-14/h4-5,8-9,11H,6-7,10,12-13,19-20H2,1-3H3. The van der Waals surface area contributed by atoms with E-state index >= 15 is 0 Å². The topological polar surface area (TPSA) is 70.5 Å². The second kappa shape index (κ2) is 8.55. The minimum absolute atomic E-state index is 0.250. The third-order valence-corrected chi connectivity index (χ3v) is 6.48. The number of hydrogen-bond donors (Lipinski definition) is 2. The summed E-state index contributed by atoms with van der Waals surface area (Å²) in [6.45, 7) is 7.99. The lowest BCUT2D eigenvalue weighted by molar-refractivity contribution is 0.0215. The van der Waals surface area contributed by atoms with Crippen LogP contribution in [-0.4, -0.2) is 21.5 Å². The highest BCUT2D eigenvalue weighted by molar-refractivity contribution is 7.09. The number of benzene rings is 1. The Labute approximate surface area is 149 Å². The van der Waals surface area contributed by atoms with Crippen LogP contribution in [0.1, 0.15) is 10.4 Å². The molecule has 0 saturated heterocycles. The molecule has 0 aliphatic carbocycles. The second-order valence-corrected chi connectivity index (χ2v) is 13.8. The number of rotatable bonds is 9. The van der Waals surface area contributed by atoms with Crippen LogP contribution in [0.3, 0.4) is 0 Å². The van der Waals surface area contributed by atoms with Crippen LogP contribution in [0.15, 0.2) is 29.6 Å². The lowest BCUT2D eigenvalue weighted by atomic mass is 10.0. The zero-order chi connectivity index (χ0) is 17.6. The molecular formula is C18H28N2O2SSi. The number of aryl methyl sites for hydroxylation is 1. The van der Waals surface area contributed by atoms with Crippen molar-refractivity contribution in [2.45, 2.75) is 38.5 Å². The molecule has 24 heavy (non-hydrogen) atoms. The molecular weight excluding hydrogens is 336 g/mol. The molecule has 4 N–H and O–H groups in total. The van der Waals surface area contributed by atoms with Crippen LogP contribution >= 0.6 is 11.3 Å². The maximum atomic E-state index is 6.17. The molecule has 0 aliphatic rings. The molecule has 6 heteroatoms. The lowest BCUT2D eigenvalue weighted by Gasteiger charge is -2.17. The van der Waals surface area contributed by atoms with Crippen molar-refractivity contribution in [1.82, 2.24) is 0 Å². The fourth-order valence-electron chi connectivity index (χ4n) is 2.30. The minimum Gasteiger partial charge on any atom is -0.467 e. The lowest BCUT2D eigenvalue weighted by Crippen LogP contribution is -2.22. The van der Waals surface area contributed by atoms with Gasteiger partial charge in [-0.05, 0) is 42.5 Å². The molecule has 0 radical (unpaired) electrons. The Morgan fingerprint density at radius 3 is 2.54 bits per heavy atom. The van der Waals surface area contributed by atoms with E-state index in [0.29, 0.717) is 11.4 Å². The normalized spacial score (nSPS) is 11.6. The van der Waals surface area contributed by atoms with Gasteiger partial charge in [0, 0.05) is 25.1 Å². The third kappa shape index (κ3) is 5.85. The van der Waals surface area contributed by atoms with Gasteiger partial charge in [-0.1, -0.05) is 25.7 Å². The molecule has 4 nitrogen and oxygen atoms in total. The Morgan fingerprint density at radius 1 is 1.08 bits per heavy atom. The summed E-state index contributed by atoms with van der Waals surface area (Å²) in [5.41, 5.74) is 14.3. The molecule has 0 fully saturated rings. The van der Waals surface area contributed by atoms with Crippen molar-refractivity contribution >= 4 is 30.8 Å². The molecule has 1 aromatic heterocycles. The predicted octanol–water partition coefficient (Wildman–Crippen LogP) is 4.39. The molecule has 132 valence electrons. The molecule has 0 spiro atoms. The van der Waals surface area contributed by atoms with Crippen molar-refractivity contribution in [3.05, 3.63) is 40.1 Å². The Morgan fingerprint density at radius 2 is 1.88 bits per heavy atom. The van der Waals surface area contributed by atoms with Crippen LogP contribution in [0, 0.1) is 0 Å². The van der Waals surface area contributed by atoms with E-state index in [1.54, 1.807) is 17.4 Å². The highest BCUT2D eigenvalue weighted by atomic mass is 32.1. The monoisotopic (exact) mass is 364 g/mol. The summed E-state index contributed by atoms with van der Waals surface area (Å²) in [4.78, 5) is 1.33. The van der Waals surface area contributed by atoms with Gasteiger partial charge in [-0.2, -0.15) is 0 Å². The van der Waals surface area contributed by atoms with Gasteiger partial charge in [-0.25, -0.2) is 0 Å². The van der Waals surface area contributed by atoms with Gasteiger partial charge in [0.2, 0.25) is 0 Å². The van der Waals surface area contributed by atoms with Gasteiger partial charge in [0.15, 0.2) is 6.79 Å². The van der Waals surface area contributed by atoms with Gasteiger partial charge in [0.05, 0.1) is 11.4 Å². The summed E-state index contributed by atoms with van der Waals surface area (Å²) in [7, 11) is -1.07.